The Hall–Kier alpha value is -3.71. The summed E-state index contributed by atoms with van der Waals surface area (Å²) in [6, 6.07) is 25.5. The molecule has 0 unspecified atom stereocenters. The van der Waals surface area contributed by atoms with Gasteiger partial charge in [0.05, 0.1) is 18.3 Å². The zero-order valence-corrected chi connectivity index (χ0v) is 26.3. The van der Waals surface area contributed by atoms with E-state index in [0.717, 1.165) is 16.8 Å². The number of aromatic carboxylic acids is 1. The van der Waals surface area contributed by atoms with Gasteiger partial charge < -0.3 is 14.7 Å². The molecule has 9 nitrogen and oxygen atoms in total. The third-order valence-corrected chi connectivity index (χ3v) is 9.31. The van der Waals surface area contributed by atoms with Crippen LogP contribution < -0.4 is 9.64 Å². The fraction of sp³-hybridized carbons (Fsp3) is 0.0690. The lowest BCUT2D eigenvalue weighted by Crippen LogP contribution is -2.16. The Morgan fingerprint density at radius 1 is 0.955 bits per heavy atom. The van der Waals surface area contributed by atoms with E-state index in [-0.39, 0.29) is 5.56 Å². The van der Waals surface area contributed by atoms with Crippen molar-refractivity contribution in [2.24, 2.45) is 0 Å². The monoisotopic (exact) mass is 721 g/mol. The normalized spacial score (nSPS) is 11.4. The Balaban J connectivity index is 1.42. The standard InChI is InChI=1S/C29H20BrClF2N3O6PS/c30-26-12-18(10-11-21(26)17-43(39,41-32)42-33)16-36(23-7-3-6-22(31)15-23)29-35-34-27(44-29)19-4-1-8-24(13-19)40-25-9-2-5-20(14-25)28(37)38/h1-15H,16-17H2,(H,37,38). The number of hydrogen-bond donors (Lipinski definition) is 1. The fourth-order valence-electron chi connectivity index (χ4n) is 4.14. The van der Waals surface area contributed by atoms with Gasteiger partial charge in [0.1, 0.15) is 16.5 Å². The van der Waals surface area contributed by atoms with Gasteiger partial charge in [-0.3, -0.25) is 4.57 Å². The smallest absolute Gasteiger partial charge is 0.399 e. The minimum Gasteiger partial charge on any atom is -0.478 e. The molecule has 0 bridgehead atoms. The van der Waals surface area contributed by atoms with Crippen LogP contribution in [0.15, 0.2) is 95.5 Å². The Kier molecular flexibility index (Phi) is 10.0. The number of ether oxygens (including phenoxy) is 1. The third-order valence-electron chi connectivity index (χ3n) is 6.20. The predicted octanol–water partition coefficient (Wildman–Crippen LogP) is 9.95. The number of carboxylic acid groups (broad SMARTS) is 1. The van der Waals surface area contributed by atoms with Gasteiger partial charge in [-0.25, -0.2) is 4.79 Å². The number of carboxylic acids is 1. The molecule has 5 aromatic rings. The summed E-state index contributed by atoms with van der Waals surface area (Å²) < 4.78 is 49.9. The van der Waals surface area contributed by atoms with Crippen molar-refractivity contribution in [1.82, 2.24) is 10.2 Å². The molecule has 0 aliphatic heterocycles. The number of halogens is 4. The summed E-state index contributed by atoms with van der Waals surface area (Å²) in [7, 11) is -4.57. The van der Waals surface area contributed by atoms with Crippen LogP contribution in [-0.4, -0.2) is 21.3 Å². The highest BCUT2D eigenvalue weighted by atomic mass is 79.9. The molecule has 0 amide bonds. The van der Waals surface area contributed by atoms with Crippen molar-refractivity contribution in [1.29, 1.82) is 0 Å². The quantitative estimate of drug-likeness (QED) is 0.126. The summed E-state index contributed by atoms with van der Waals surface area (Å²) in [4.78, 5) is 13.2. The first-order valence-electron chi connectivity index (χ1n) is 12.6. The maximum atomic E-state index is 12.6. The lowest BCUT2D eigenvalue weighted by Gasteiger charge is -2.22. The van der Waals surface area contributed by atoms with Crippen molar-refractivity contribution in [2.45, 2.75) is 12.7 Å². The molecule has 1 heterocycles. The third kappa shape index (κ3) is 7.68. The van der Waals surface area contributed by atoms with E-state index in [1.165, 1.54) is 23.5 Å². The predicted molar refractivity (Wildman–Crippen MR) is 166 cm³/mol. The van der Waals surface area contributed by atoms with Gasteiger partial charge in [-0.15, -0.1) is 19.7 Å². The number of carbonyl (C=O) groups is 1. The van der Waals surface area contributed by atoms with E-state index in [4.69, 9.17) is 16.3 Å². The van der Waals surface area contributed by atoms with Crippen molar-refractivity contribution < 1.29 is 37.7 Å². The van der Waals surface area contributed by atoms with Crippen molar-refractivity contribution in [3.63, 3.8) is 0 Å². The zero-order valence-electron chi connectivity index (χ0n) is 22.3. The van der Waals surface area contributed by atoms with Gasteiger partial charge >= 0.3 is 13.6 Å². The average Bonchev–Trinajstić information content (AvgIpc) is 3.51. The molecule has 5 rings (SSSR count). The molecular formula is C29H20BrClF2N3O6PS. The minimum absolute atomic E-state index is 0.109. The largest absolute Gasteiger partial charge is 0.478 e. The van der Waals surface area contributed by atoms with Gasteiger partial charge in [0.2, 0.25) is 5.13 Å². The molecule has 44 heavy (non-hydrogen) atoms. The van der Waals surface area contributed by atoms with Crippen LogP contribution in [0.5, 0.6) is 11.5 Å². The molecule has 0 radical (unpaired) electrons. The number of rotatable bonds is 12. The van der Waals surface area contributed by atoms with E-state index in [2.05, 4.69) is 35.6 Å². The first kappa shape index (κ1) is 31.7. The number of benzene rings is 4. The van der Waals surface area contributed by atoms with Gasteiger partial charge in [-0.2, -0.15) is 0 Å². The van der Waals surface area contributed by atoms with E-state index >= 15 is 0 Å². The highest BCUT2D eigenvalue weighted by Crippen LogP contribution is 2.53. The molecule has 0 spiro atoms. The summed E-state index contributed by atoms with van der Waals surface area (Å²) in [5.74, 6) is -0.192. The molecule has 0 aliphatic carbocycles. The average molecular weight is 723 g/mol. The Morgan fingerprint density at radius 2 is 1.68 bits per heavy atom. The summed E-state index contributed by atoms with van der Waals surface area (Å²) in [6.07, 6.45) is -0.619. The van der Waals surface area contributed by atoms with Gasteiger partial charge in [-0.1, -0.05) is 75.3 Å². The topological polar surface area (TPSA) is 111 Å². The van der Waals surface area contributed by atoms with Crippen LogP contribution in [0, 0.1) is 0 Å². The summed E-state index contributed by atoms with van der Waals surface area (Å²) in [5, 5.41) is 19.7. The fourth-order valence-corrected chi connectivity index (χ4v) is 6.78. The molecule has 0 aliphatic rings. The van der Waals surface area contributed by atoms with Crippen molar-refractivity contribution in [2.75, 3.05) is 4.90 Å². The Labute approximate surface area is 267 Å². The first-order chi connectivity index (χ1) is 21.2. The summed E-state index contributed by atoms with van der Waals surface area (Å²) in [5.41, 5.74) is 2.66. The molecule has 4 aromatic carbocycles. The van der Waals surface area contributed by atoms with Crippen LogP contribution >= 0.6 is 46.5 Å². The molecule has 226 valence electrons. The van der Waals surface area contributed by atoms with E-state index in [0.29, 0.717) is 43.2 Å². The van der Waals surface area contributed by atoms with Crippen LogP contribution in [0.3, 0.4) is 0 Å². The lowest BCUT2D eigenvalue weighted by molar-refractivity contribution is -0.0881. The molecule has 15 heteroatoms. The van der Waals surface area contributed by atoms with Gasteiger partial charge in [0, 0.05) is 20.7 Å². The summed E-state index contributed by atoms with van der Waals surface area (Å²) in [6.45, 7) is 0.299. The number of anilines is 2. The van der Waals surface area contributed by atoms with Crippen LogP contribution in [0.25, 0.3) is 10.6 Å². The second-order valence-corrected chi connectivity index (χ2v) is 13.3. The number of hydrogen-bond acceptors (Lipinski definition) is 9. The molecule has 0 saturated heterocycles. The minimum atomic E-state index is -4.57. The highest BCUT2D eigenvalue weighted by Gasteiger charge is 2.29. The molecule has 0 saturated carbocycles. The van der Waals surface area contributed by atoms with Crippen molar-refractivity contribution >= 4 is 63.3 Å². The second-order valence-electron chi connectivity index (χ2n) is 9.25. The molecule has 1 N–H and O–H groups in total. The molecule has 0 atom stereocenters. The highest BCUT2D eigenvalue weighted by molar-refractivity contribution is 9.10. The number of aromatic nitrogens is 2. The maximum absolute atomic E-state index is 12.6. The van der Waals surface area contributed by atoms with Crippen molar-refractivity contribution in [3.05, 3.63) is 117 Å². The SMILES string of the molecule is O=C(O)c1cccc(Oc2cccc(-c3nnc(N(Cc4ccc(CP(=O)(OF)OF)c(Br)c4)c4cccc(Cl)c4)s3)c2)c1. The molecule has 1 aromatic heterocycles. The first-order valence-corrected chi connectivity index (χ1v) is 16.3. The van der Waals surface area contributed by atoms with Crippen LogP contribution in [0.1, 0.15) is 21.5 Å². The zero-order chi connectivity index (χ0) is 31.3. The Morgan fingerprint density at radius 3 is 2.39 bits per heavy atom. The van der Waals surface area contributed by atoms with E-state index in [1.54, 1.807) is 66.7 Å². The molecular weight excluding hydrogens is 703 g/mol. The van der Waals surface area contributed by atoms with Crippen LogP contribution in [-0.2, 0) is 26.7 Å². The van der Waals surface area contributed by atoms with Crippen molar-refractivity contribution in [3.8, 4) is 22.1 Å². The van der Waals surface area contributed by atoms with E-state index < -0.39 is 19.7 Å². The number of nitrogens with zero attached hydrogens (tertiary/aromatic N) is 3. The van der Waals surface area contributed by atoms with Crippen LogP contribution in [0.2, 0.25) is 5.02 Å². The lowest BCUT2D eigenvalue weighted by atomic mass is 10.1. The second kappa shape index (κ2) is 13.9. The van der Waals surface area contributed by atoms with E-state index in [1.807, 2.05) is 17.0 Å². The maximum Gasteiger partial charge on any atom is 0.399 e. The van der Waals surface area contributed by atoms with E-state index in [9.17, 15) is 23.5 Å². The summed E-state index contributed by atoms with van der Waals surface area (Å²) >= 11 is 11.0. The Bertz CT molecular complexity index is 1860. The van der Waals surface area contributed by atoms with Gasteiger partial charge in [-0.05, 0) is 74.8 Å². The van der Waals surface area contributed by atoms with Gasteiger partial charge in [0.25, 0.3) is 0 Å². The van der Waals surface area contributed by atoms with Crippen LogP contribution in [0.4, 0.5) is 19.9 Å². The van der Waals surface area contributed by atoms with Gasteiger partial charge in [0.15, 0.2) is 0 Å². The molecule has 0 fully saturated rings.